The van der Waals surface area contributed by atoms with Crippen molar-refractivity contribution >= 4 is 50.7 Å². The third-order valence-electron chi connectivity index (χ3n) is 6.75. The monoisotopic (exact) mass is 665 g/mol. The molecule has 0 aromatic heterocycles. The molecule has 0 saturated carbocycles. The Balaban J connectivity index is 2.13. The molecule has 0 aliphatic rings. The SMILES string of the molecule is CCNC(=O)[C@@H](CC)N(Cc1ccc(Cl)cc1Cl)C(=O)CN(c1ccc(OCC)cc1)S(=O)(=O)c1ccc(OC)c(OC)c1. The minimum atomic E-state index is -4.35. The molecule has 1 atom stereocenters. The summed E-state index contributed by atoms with van der Waals surface area (Å²) in [7, 11) is -1.51. The summed E-state index contributed by atoms with van der Waals surface area (Å²) in [6, 6.07) is 14.5. The minimum absolute atomic E-state index is 0.0575. The lowest BCUT2D eigenvalue weighted by Gasteiger charge is -2.33. The number of hydrogen-bond acceptors (Lipinski definition) is 7. The van der Waals surface area contributed by atoms with E-state index in [1.54, 1.807) is 56.3 Å². The van der Waals surface area contributed by atoms with Crippen molar-refractivity contribution in [3.8, 4) is 17.2 Å². The van der Waals surface area contributed by atoms with Crippen LogP contribution < -0.4 is 23.8 Å². The maximum atomic E-state index is 14.2. The van der Waals surface area contributed by atoms with Gasteiger partial charge in [-0.1, -0.05) is 36.2 Å². The number of amides is 2. The molecule has 44 heavy (non-hydrogen) atoms. The first-order chi connectivity index (χ1) is 21.0. The van der Waals surface area contributed by atoms with E-state index in [1.807, 2.05) is 6.92 Å². The van der Waals surface area contributed by atoms with Crippen LogP contribution >= 0.6 is 23.2 Å². The molecule has 3 aromatic rings. The van der Waals surface area contributed by atoms with Crippen LogP contribution in [0.5, 0.6) is 17.2 Å². The number of carbonyl (C=O) groups excluding carboxylic acids is 2. The third kappa shape index (κ3) is 8.28. The van der Waals surface area contributed by atoms with Crippen LogP contribution in [0, 0.1) is 0 Å². The maximum absolute atomic E-state index is 14.2. The first kappa shape index (κ1) is 34.8. The summed E-state index contributed by atoms with van der Waals surface area (Å²) >= 11 is 12.5. The number of ether oxygens (including phenoxy) is 3. The predicted octanol–water partition coefficient (Wildman–Crippen LogP) is 5.55. The molecule has 3 aromatic carbocycles. The highest BCUT2D eigenvalue weighted by atomic mass is 35.5. The largest absolute Gasteiger partial charge is 0.494 e. The highest BCUT2D eigenvalue weighted by molar-refractivity contribution is 7.92. The van der Waals surface area contributed by atoms with Crippen molar-refractivity contribution in [1.82, 2.24) is 10.2 Å². The van der Waals surface area contributed by atoms with Crippen molar-refractivity contribution in [2.24, 2.45) is 0 Å². The van der Waals surface area contributed by atoms with E-state index in [0.717, 1.165) is 4.31 Å². The quantitative estimate of drug-likeness (QED) is 0.226. The van der Waals surface area contributed by atoms with Crippen LogP contribution in [0.4, 0.5) is 5.69 Å². The molecule has 2 amide bonds. The number of sulfonamides is 1. The van der Waals surface area contributed by atoms with Gasteiger partial charge in [-0.2, -0.15) is 0 Å². The zero-order valence-electron chi connectivity index (χ0n) is 25.3. The van der Waals surface area contributed by atoms with Crippen LogP contribution in [0.1, 0.15) is 32.8 Å². The molecule has 0 bridgehead atoms. The second kappa shape index (κ2) is 15.9. The van der Waals surface area contributed by atoms with Crippen LogP contribution in [0.2, 0.25) is 10.0 Å². The summed E-state index contributed by atoms with van der Waals surface area (Å²) in [6.07, 6.45) is 0.272. The van der Waals surface area contributed by atoms with Gasteiger partial charge in [-0.05, 0) is 74.4 Å². The number of halogens is 2. The highest BCUT2D eigenvalue weighted by Crippen LogP contribution is 2.33. The summed E-state index contributed by atoms with van der Waals surface area (Å²) < 4.78 is 45.5. The summed E-state index contributed by atoms with van der Waals surface area (Å²) in [4.78, 5) is 28.5. The zero-order chi connectivity index (χ0) is 32.4. The lowest BCUT2D eigenvalue weighted by atomic mass is 10.1. The van der Waals surface area contributed by atoms with Crippen molar-refractivity contribution in [3.05, 3.63) is 76.3 Å². The molecule has 13 heteroatoms. The molecule has 0 aliphatic carbocycles. The maximum Gasteiger partial charge on any atom is 0.264 e. The van der Waals surface area contributed by atoms with Gasteiger partial charge in [-0.15, -0.1) is 0 Å². The Morgan fingerprint density at radius 1 is 0.909 bits per heavy atom. The molecule has 0 fully saturated rings. The van der Waals surface area contributed by atoms with Gasteiger partial charge in [-0.25, -0.2) is 8.42 Å². The molecule has 0 heterocycles. The Kier molecular flexibility index (Phi) is 12.6. The van der Waals surface area contributed by atoms with Crippen molar-refractivity contribution in [1.29, 1.82) is 0 Å². The van der Waals surface area contributed by atoms with E-state index in [-0.39, 0.29) is 35.2 Å². The molecular weight excluding hydrogens is 629 g/mol. The molecule has 0 spiro atoms. The van der Waals surface area contributed by atoms with Crippen LogP contribution in [0.25, 0.3) is 0 Å². The first-order valence-corrected chi connectivity index (χ1v) is 16.2. The van der Waals surface area contributed by atoms with E-state index < -0.39 is 28.5 Å². The van der Waals surface area contributed by atoms with Crippen LogP contribution in [0.3, 0.4) is 0 Å². The van der Waals surface area contributed by atoms with E-state index in [4.69, 9.17) is 37.4 Å². The van der Waals surface area contributed by atoms with Gasteiger partial charge in [0.1, 0.15) is 18.3 Å². The molecular formula is C31H37Cl2N3O7S. The summed E-state index contributed by atoms with van der Waals surface area (Å²) in [5.41, 5.74) is 0.759. The summed E-state index contributed by atoms with van der Waals surface area (Å²) in [6.45, 7) is 5.48. The van der Waals surface area contributed by atoms with Crippen LogP contribution in [-0.2, 0) is 26.2 Å². The number of likely N-dealkylation sites (N-methyl/N-ethyl adjacent to an activating group) is 1. The molecule has 238 valence electrons. The molecule has 3 rings (SSSR count). The average molecular weight is 667 g/mol. The predicted molar refractivity (Wildman–Crippen MR) is 171 cm³/mol. The highest BCUT2D eigenvalue weighted by Gasteiger charge is 2.34. The number of carbonyl (C=O) groups is 2. The lowest BCUT2D eigenvalue weighted by Crippen LogP contribution is -2.52. The number of benzene rings is 3. The van der Waals surface area contributed by atoms with Gasteiger partial charge in [0, 0.05) is 29.2 Å². The zero-order valence-corrected chi connectivity index (χ0v) is 27.6. The van der Waals surface area contributed by atoms with E-state index in [1.165, 1.54) is 37.3 Å². The van der Waals surface area contributed by atoms with Gasteiger partial charge in [0.2, 0.25) is 11.8 Å². The Hall–Kier alpha value is -3.67. The Bertz CT molecular complexity index is 1550. The molecule has 0 saturated heterocycles. The second-order valence-corrected chi connectivity index (χ2v) is 12.2. The Labute approximate surface area is 268 Å². The second-order valence-electron chi connectivity index (χ2n) is 9.53. The van der Waals surface area contributed by atoms with Crippen LogP contribution in [0.15, 0.2) is 65.6 Å². The molecule has 0 unspecified atom stereocenters. The summed E-state index contributed by atoms with van der Waals surface area (Å²) in [5.74, 6) is 0.0879. The molecule has 0 aliphatic heterocycles. The van der Waals surface area contributed by atoms with Gasteiger partial charge in [0.15, 0.2) is 11.5 Å². The van der Waals surface area contributed by atoms with Crippen molar-refractivity contribution in [2.45, 2.75) is 44.7 Å². The van der Waals surface area contributed by atoms with Gasteiger partial charge in [-0.3, -0.25) is 13.9 Å². The number of nitrogens with zero attached hydrogens (tertiary/aromatic N) is 2. The summed E-state index contributed by atoms with van der Waals surface area (Å²) in [5, 5.41) is 3.49. The fourth-order valence-electron chi connectivity index (χ4n) is 4.55. The van der Waals surface area contributed by atoms with Gasteiger partial charge in [0.05, 0.1) is 31.4 Å². The molecule has 10 nitrogen and oxygen atoms in total. The average Bonchev–Trinajstić information content (AvgIpc) is 3.01. The number of rotatable bonds is 15. The number of nitrogens with one attached hydrogen (secondary N) is 1. The smallest absolute Gasteiger partial charge is 0.264 e. The molecule has 1 N–H and O–H groups in total. The topological polar surface area (TPSA) is 114 Å². The molecule has 0 radical (unpaired) electrons. The van der Waals surface area contributed by atoms with E-state index in [2.05, 4.69) is 5.32 Å². The fraction of sp³-hybridized carbons (Fsp3) is 0.355. The number of hydrogen-bond donors (Lipinski definition) is 1. The van der Waals surface area contributed by atoms with Crippen molar-refractivity contribution in [3.63, 3.8) is 0 Å². The van der Waals surface area contributed by atoms with E-state index in [9.17, 15) is 18.0 Å². The number of methoxy groups -OCH3 is 2. The first-order valence-electron chi connectivity index (χ1n) is 14.0. The number of anilines is 1. The van der Waals surface area contributed by atoms with Crippen LogP contribution in [-0.4, -0.2) is 65.1 Å². The minimum Gasteiger partial charge on any atom is -0.494 e. The van der Waals surface area contributed by atoms with E-state index in [0.29, 0.717) is 40.3 Å². The van der Waals surface area contributed by atoms with Crippen molar-refractivity contribution in [2.75, 3.05) is 38.2 Å². The fourth-order valence-corrected chi connectivity index (χ4v) is 6.45. The van der Waals surface area contributed by atoms with Crippen molar-refractivity contribution < 1.29 is 32.2 Å². The van der Waals surface area contributed by atoms with Gasteiger partial charge < -0.3 is 24.4 Å². The van der Waals surface area contributed by atoms with E-state index >= 15 is 0 Å². The standard InChI is InChI=1S/C31H37Cl2N3O7S/c1-6-27(31(38)34-7-2)35(19-21-9-10-22(32)17-26(21)33)30(37)20-36(23-11-13-24(14-12-23)43-8-3)44(39,40)25-15-16-28(41-4)29(18-25)42-5/h9-18,27H,6-8,19-20H2,1-5H3,(H,34,38)/t27-/m1/s1. The van der Waals surface area contributed by atoms with Gasteiger partial charge >= 0.3 is 0 Å². The lowest BCUT2D eigenvalue weighted by molar-refractivity contribution is -0.140. The van der Waals surface area contributed by atoms with Gasteiger partial charge in [0.25, 0.3) is 10.0 Å². The Morgan fingerprint density at radius 3 is 2.16 bits per heavy atom. The normalized spacial score (nSPS) is 11.8. The third-order valence-corrected chi connectivity index (χ3v) is 9.11. The Morgan fingerprint density at radius 2 is 1.59 bits per heavy atom.